The van der Waals surface area contributed by atoms with Crippen molar-refractivity contribution < 1.29 is 14.5 Å². The van der Waals surface area contributed by atoms with Crippen LogP contribution in [0.3, 0.4) is 0 Å². The molecule has 0 aliphatic carbocycles. The summed E-state index contributed by atoms with van der Waals surface area (Å²) in [6, 6.07) is 1.12. The minimum Gasteiger partial charge on any atom is -0.355 e. The smallest absolute Gasteiger partial charge is 0.157 e. The average molecular weight is 2040 g/mol. The second kappa shape index (κ2) is 39.6. The molecule has 0 saturated carbocycles. The molecule has 14 rings (SSSR count). The van der Waals surface area contributed by atoms with Crippen LogP contribution >= 0.6 is 0 Å². The molecule has 14 heterocycles. The molecule has 11 fully saturated rings. The summed E-state index contributed by atoms with van der Waals surface area (Å²) in [6.45, 7) is 109. The van der Waals surface area contributed by atoms with E-state index in [0.29, 0.717) is 26.2 Å². The van der Waals surface area contributed by atoms with Crippen molar-refractivity contribution in [2.75, 3.05) is 47.3 Å². The van der Waals surface area contributed by atoms with Gasteiger partial charge in [0.25, 0.3) is 0 Å². The van der Waals surface area contributed by atoms with E-state index in [-0.39, 0.29) is 189 Å². The molecule has 0 radical (unpaired) electrons. The van der Waals surface area contributed by atoms with Crippen LogP contribution in [-0.4, -0.2) is 313 Å². The zero-order chi connectivity index (χ0) is 109. The molecule has 0 spiro atoms. The van der Waals surface area contributed by atoms with Crippen molar-refractivity contribution >= 4 is 17.5 Å². The van der Waals surface area contributed by atoms with Crippen molar-refractivity contribution in [2.45, 2.75) is 647 Å². The molecule has 14 aliphatic rings. The van der Waals surface area contributed by atoms with Crippen LogP contribution in [0.2, 0.25) is 0 Å². The number of piperidine rings is 11. The van der Waals surface area contributed by atoms with Gasteiger partial charge in [0.2, 0.25) is 0 Å². The Morgan fingerprint density at radius 1 is 0.226 bits per heavy atom. The maximum absolute atomic E-state index is 7.79. The summed E-state index contributed by atoms with van der Waals surface area (Å²) in [4.78, 5) is 47.7. The monoisotopic (exact) mass is 2040 g/mol. The number of hydrogen-bond donors (Lipinski definition) is 11. The zero-order valence-electron chi connectivity index (χ0n) is 102. The standard InChI is InChI=1S/C117H222N26O3/c1-96(2)57-79(58-97(3,4)124-96)136(91-55-94(122-142(119-91)145-88-75-114(37,38)133(46)115(39,40)76-88)139(83-65-104(17,18)128-105(19,20)66-83)84-67-106(21,22)129-107(23,24)68-84)52-48-50-135(90-54-93(121-141(118-90)144-87-73-112(33,34)132(45)113(35,36)74-87)138(81-61-100(9,10)126-101(11,12)62-81)82-63-102(13,14)127-103(15,16)64-82)51-49-53-137(80-59-98(5,6)125-99(7,8)60-80)92-56-95(123-143(120-92)146-89-77-116(41,42)134(47)117(43,44)78-89)140(85-69-108(25,26)130-109(27,28)70-85)86-71-110(29,30)131-111(31,32)72-86/h54-56,79-89,121-131H,48-53,57-78H2,1-47H3. The largest absolute Gasteiger partial charge is 0.355 e. The van der Waals surface area contributed by atoms with Crippen LogP contribution < -0.4 is 58.8 Å². The van der Waals surface area contributed by atoms with E-state index in [1.807, 2.05) is 15.8 Å². The van der Waals surface area contributed by atoms with Gasteiger partial charge in [-0.2, -0.15) is 0 Å². The summed E-state index contributed by atoms with van der Waals surface area (Å²) in [5, 5.41) is 56.9. The molecule has 0 aromatic carbocycles. The molecule has 0 atom stereocenters. The van der Waals surface area contributed by atoms with E-state index in [2.05, 4.69) is 447 Å². The average Bonchev–Trinajstić information content (AvgIpc) is 0.747. The lowest BCUT2D eigenvalue weighted by Crippen LogP contribution is -2.68. The Labute approximate surface area is 891 Å². The summed E-state index contributed by atoms with van der Waals surface area (Å²) in [5.74, 6) is 5.91. The normalized spacial score (nSPS) is 30.2. The van der Waals surface area contributed by atoms with E-state index >= 15 is 0 Å². The fourth-order valence-corrected chi connectivity index (χ4v) is 33.7. The van der Waals surface area contributed by atoms with Gasteiger partial charge < -0.3 is 71.9 Å². The molecule has 0 bridgehead atoms. The molecule has 0 aromatic rings. The van der Waals surface area contributed by atoms with Crippen LogP contribution in [0.5, 0.6) is 0 Å². The number of likely N-dealkylation sites (tertiary alicyclic amines) is 3. The van der Waals surface area contributed by atoms with E-state index < -0.39 is 0 Å². The summed E-state index contributed by atoms with van der Waals surface area (Å²) in [5.41, 5.74) is 8.69. The van der Waals surface area contributed by atoms with Crippen molar-refractivity contribution in [3.8, 4) is 0 Å². The molecule has 146 heavy (non-hydrogen) atoms. The molecule has 29 nitrogen and oxygen atoms in total. The molecule has 11 saturated heterocycles. The van der Waals surface area contributed by atoms with Gasteiger partial charge in [-0.1, -0.05) is 15.8 Å². The number of rotatable bonds is 25. The van der Waals surface area contributed by atoms with Gasteiger partial charge in [-0.3, -0.25) is 14.7 Å². The lowest BCUT2D eigenvalue weighted by molar-refractivity contribution is -0.256. The van der Waals surface area contributed by atoms with Gasteiger partial charge in [-0.25, -0.2) is 30.8 Å². The zero-order valence-corrected chi connectivity index (χ0v) is 102. The molecule has 838 valence electrons. The Hall–Kier alpha value is -4.73. The van der Waals surface area contributed by atoms with E-state index in [9.17, 15) is 0 Å². The topological polar surface area (TPSA) is 236 Å². The van der Waals surface area contributed by atoms with E-state index in [1.165, 1.54) is 0 Å². The third-order valence-corrected chi connectivity index (χ3v) is 36.6. The molecule has 11 N–H and O–H groups in total. The SMILES string of the molecule is CN1C(C)(C)CC(ON2N=C(N(CCCN(C3=NN(OC4CC(C)(C)N(C)C(C)(C)C4)NC(N(C4CC(C)(C)NC(C)(C)C4)C4CC(C)(C)NC(C)(C)C4)=C3)C3CC(C)(C)NC(C)(C)C3)CCCN(C3=NN(OC4CC(C)(C)N(C)C(C)(C)C4)NC(N(C4CC(C)(C)NC(C)(C)C4)C4CC(C)(C)NC(C)(C)C4)=C3)C3CC(C)(C)NC(C)(C)C3)C=C(N(C3CC(C)(C)NC(C)(C)C3)C3CC(C)(C)NC(C)(C)C3)N2)CC1(C)C. The van der Waals surface area contributed by atoms with Gasteiger partial charge in [0, 0.05) is 215 Å². The van der Waals surface area contributed by atoms with Gasteiger partial charge in [-0.15, -0.1) is 15.3 Å². The van der Waals surface area contributed by atoms with E-state index in [4.69, 9.17) is 29.8 Å². The van der Waals surface area contributed by atoms with Gasteiger partial charge in [0.15, 0.2) is 17.5 Å². The number of hydrazone groups is 3. The van der Waals surface area contributed by atoms with E-state index in [0.717, 1.165) is 189 Å². The van der Waals surface area contributed by atoms with Crippen LogP contribution in [0, 0.1) is 0 Å². The third-order valence-electron chi connectivity index (χ3n) is 36.6. The Morgan fingerprint density at radius 2 is 0.384 bits per heavy atom. The van der Waals surface area contributed by atoms with Crippen LogP contribution in [0.15, 0.2) is 51.0 Å². The van der Waals surface area contributed by atoms with Gasteiger partial charge in [0.05, 0.1) is 18.3 Å². The first kappa shape index (κ1) is 117. The molecule has 14 aliphatic heterocycles. The molecule has 0 aromatic heterocycles. The number of amidine groups is 3. The number of hydrogen-bond acceptors (Lipinski definition) is 29. The summed E-state index contributed by atoms with van der Waals surface area (Å²) in [6.07, 6.45) is 28.7. The van der Waals surface area contributed by atoms with Crippen LogP contribution in [0.4, 0.5) is 0 Å². The number of nitrogens with one attached hydrogen (secondary N) is 11. The fraction of sp³-hybridized carbons (Fsp3) is 0.923. The first-order valence-electron chi connectivity index (χ1n) is 57.8. The summed E-state index contributed by atoms with van der Waals surface area (Å²) >= 11 is 0. The van der Waals surface area contributed by atoms with Crippen molar-refractivity contribution in [3.05, 3.63) is 35.7 Å². The Kier molecular flexibility index (Phi) is 31.6. The fourth-order valence-electron chi connectivity index (χ4n) is 33.7. The lowest BCUT2D eigenvalue weighted by Gasteiger charge is -2.57. The molecular formula is C117H222N26O3. The van der Waals surface area contributed by atoms with Crippen molar-refractivity contribution in [1.82, 2.24) is 119 Å². The number of nitrogens with zero attached hydrogens (tertiary/aromatic N) is 15. The highest BCUT2D eigenvalue weighted by Crippen LogP contribution is 2.50. The Morgan fingerprint density at radius 3 is 0.562 bits per heavy atom. The predicted octanol–water partition coefficient (Wildman–Crippen LogP) is 18.7. The van der Waals surface area contributed by atoms with Crippen LogP contribution in [-0.2, 0) is 14.5 Å². The van der Waals surface area contributed by atoms with Gasteiger partial charge in [-0.05, 0) is 480 Å². The Balaban J connectivity index is 0.967. The minimum atomic E-state index is -0.219. The predicted molar refractivity (Wildman–Crippen MR) is 606 cm³/mol. The first-order valence-corrected chi connectivity index (χ1v) is 57.8. The third kappa shape index (κ3) is 28.6. The lowest BCUT2D eigenvalue weighted by atomic mass is 9.75. The quantitative estimate of drug-likeness (QED) is 0.0408. The Bertz CT molecular complexity index is 4250. The highest BCUT2D eigenvalue weighted by Gasteiger charge is 2.57. The highest BCUT2D eigenvalue weighted by atomic mass is 16.8. The molecule has 29 heteroatoms. The summed E-state index contributed by atoms with van der Waals surface area (Å²) < 4.78 is 0. The maximum atomic E-state index is 7.79. The molecule has 0 amide bonds. The van der Waals surface area contributed by atoms with Gasteiger partial charge in [0.1, 0.15) is 17.5 Å². The van der Waals surface area contributed by atoms with Crippen LogP contribution in [0.25, 0.3) is 0 Å². The molecule has 0 unspecified atom stereocenters. The number of hydrazine groups is 3. The summed E-state index contributed by atoms with van der Waals surface area (Å²) in [7, 11) is 6.91. The maximum Gasteiger partial charge on any atom is 0.157 e. The van der Waals surface area contributed by atoms with Crippen molar-refractivity contribution in [3.63, 3.8) is 0 Å². The second-order valence-corrected chi connectivity index (χ2v) is 64.0. The van der Waals surface area contributed by atoms with Gasteiger partial charge >= 0.3 is 0 Å². The van der Waals surface area contributed by atoms with Crippen LogP contribution in [0.1, 0.15) is 459 Å². The minimum absolute atomic E-state index is 0.0717. The van der Waals surface area contributed by atoms with Crippen molar-refractivity contribution in [2.24, 2.45) is 15.3 Å². The van der Waals surface area contributed by atoms with E-state index in [1.54, 1.807) is 0 Å². The second-order valence-electron chi connectivity index (χ2n) is 64.0. The first-order chi connectivity index (χ1) is 66.0. The molecular weight excluding hydrogens is 1820 g/mol. The highest BCUT2D eigenvalue weighted by molar-refractivity contribution is 5.95. The van der Waals surface area contributed by atoms with Crippen molar-refractivity contribution in [1.29, 1.82) is 0 Å².